The van der Waals surface area contributed by atoms with Gasteiger partial charge >= 0.3 is 8.25 Å². The SMILES string of the molecule is CCCCCO[P+](=O)Oc1ccc([N+](=O)[O-])cc1. The molecule has 98 valence electrons. The number of rotatable bonds is 8. The molecular weight excluding hydrogens is 257 g/mol. The Morgan fingerprint density at radius 2 is 1.94 bits per heavy atom. The fourth-order valence-electron chi connectivity index (χ4n) is 1.23. The van der Waals surface area contributed by atoms with E-state index in [1.807, 2.05) is 0 Å². The summed E-state index contributed by atoms with van der Waals surface area (Å²) in [5.41, 5.74) is -0.0403. The lowest BCUT2D eigenvalue weighted by Crippen LogP contribution is -1.91. The van der Waals surface area contributed by atoms with Crippen LogP contribution in [-0.4, -0.2) is 11.5 Å². The molecular formula is C11H15NO5P+. The van der Waals surface area contributed by atoms with Gasteiger partial charge < -0.3 is 0 Å². The van der Waals surface area contributed by atoms with E-state index in [-0.39, 0.29) is 11.4 Å². The molecule has 0 aliphatic heterocycles. The van der Waals surface area contributed by atoms with Crippen LogP contribution in [0, 0.1) is 10.1 Å². The molecule has 0 saturated heterocycles. The Labute approximate surface area is 106 Å². The Morgan fingerprint density at radius 3 is 2.50 bits per heavy atom. The highest BCUT2D eigenvalue weighted by atomic mass is 31.1. The van der Waals surface area contributed by atoms with Gasteiger partial charge in [0.2, 0.25) is 0 Å². The lowest BCUT2D eigenvalue weighted by atomic mass is 10.3. The Morgan fingerprint density at radius 1 is 1.28 bits per heavy atom. The average Bonchev–Trinajstić information content (AvgIpc) is 2.35. The van der Waals surface area contributed by atoms with Gasteiger partial charge in [-0.05, 0) is 18.6 Å². The van der Waals surface area contributed by atoms with Crippen LogP contribution in [0.1, 0.15) is 26.2 Å². The van der Waals surface area contributed by atoms with Gasteiger partial charge in [0.15, 0.2) is 5.75 Å². The first-order valence-electron chi connectivity index (χ1n) is 5.66. The lowest BCUT2D eigenvalue weighted by molar-refractivity contribution is -0.384. The number of hydrogen-bond acceptors (Lipinski definition) is 5. The smallest absolute Gasteiger partial charge is 0.258 e. The zero-order valence-corrected chi connectivity index (χ0v) is 11.0. The summed E-state index contributed by atoms with van der Waals surface area (Å²) in [5.74, 6) is 0.289. The van der Waals surface area contributed by atoms with Crippen LogP contribution in [0.4, 0.5) is 5.69 Å². The molecule has 1 atom stereocenters. The van der Waals surface area contributed by atoms with E-state index in [0.717, 1.165) is 19.3 Å². The second kappa shape index (κ2) is 7.74. The minimum absolute atomic E-state index is 0.0403. The van der Waals surface area contributed by atoms with Crippen molar-refractivity contribution in [3.63, 3.8) is 0 Å². The van der Waals surface area contributed by atoms with Crippen LogP contribution in [-0.2, 0) is 9.09 Å². The molecule has 0 heterocycles. The normalized spacial score (nSPS) is 11.1. The summed E-state index contributed by atoms with van der Waals surface area (Å²) in [6, 6.07) is 5.35. The third-order valence-corrected chi connectivity index (χ3v) is 2.93. The molecule has 1 aromatic rings. The molecule has 0 aliphatic carbocycles. The third-order valence-electron chi connectivity index (χ3n) is 2.17. The minimum Gasteiger partial charge on any atom is -0.258 e. The van der Waals surface area contributed by atoms with Crippen LogP contribution in [0.3, 0.4) is 0 Å². The van der Waals surface area contributed by atoms with E-state index in [0.29, 0.717) is 6.61 Å². The predicted molar refractivity (Wildman–Crippen MR) is 66.8 cm³/mol. The summed E-state index contributed by atoms with van der Waals surface area (Å²) in [7, 11) is -2.22. The van der Waals surface area contributed by atoms with Crippen molar-refractivity contribution in [1.82, 2.24) is 0 Å². The van der Waals surface area contributed by atoms with E-state index in [1.54, 1.807) is 0 Å². The first-order chi connectivity index (χ1) is 8.63. The molecule has 1 aromatic carbocycles. The van der Waals surface area contributed by atoms with Gasteiger partial charge in [0.1, 0.15) is 6.61 Å². The second-order valence-electron chi connectivity index (χ2n) is 3.61. The summed E-state index contributed by atoms with van der Waals surface area (Å²) >= 11 is 0. The van der Waals surface area contributed by atoms with Crippen molar-refractivity contribution in [3.8, 4) is 5.75 Å². The zero-order chi connectivity index (χ0) is 13.4. The molecule has 18 heavy (non-hydrogen) atoms. The maximum Gasteiger partial charge on any atom is 0.750 e. The Hall–Kier alpha value is -1.52. The summed E-state index contributed by atoms with van der Waals surface area (Å²) in [5, 5.41) is 10.4. The third kappa shape index (κ3) is 5.21. The number of hydrogen-bond donors (Lipinski definition) is 0. The lowest BCUT2D eigenvalue weighted by Gasteiger charge is -1.94. The van der Waals surface area contributed by atoms with Crippen molar-refractivity contribution < 1.29 is 18.5 Å². The van der Waals surface area contributed by atoms with Crippen LogP contribution in [0.25, 0.3) is 0 Å². The largest absolute Gasteiger partial charge is 0.750 e. The minimum atomic E-state index is -2.22. The van der Waals surface area contributed by atoms with E-state index in [4.69, 9.17) is 9.05 Å². The average molecular weight is 272 g/mol. The molecule has 6 nitrogen and oxygen atoms in total. The number of non-ortho nitro benzene ring substituents is 1. The van der Waals surface area contributed by atoms with Crippen molar-refractivity contribution in [1.29, 1.82) is 0 Å². The molecule has 0 radical (unpaired) electrons. The molecule has 0 aromatic heterocycles. The summed E-state index contributed by atoms with van der Waals surface area (Å²) < 4.78 is 21.3. The molecule has 0 amide bonds. The molecule has 1 rings (SSSR count). The fourth-order valence-corrected chi connectivity index (χ4v) is 1.86. The first-order valence-corrected chi connectivity index (χ1v) is 6.75. The van der Waals surface area contributed by atoms with Crippen molar-refractivity contribution >= 4 is 13.9 Å². The first kappa shape index (κ1) is 14.5. The van der Waals surface area contributed by atoms with Gasteiger partial charge in [0.05, 0.1) is 4.92 Å². The molecule has 0 saturated carbocycles. The summed E-state index contributed by atoms with van der Waals surface area (Å²) in [4.78, 5) is 9.91. The van der Waals surface area contributed by atoms with Gasteiger partial charge in [-0.15, -0.1) is 4.52 Å². The van der Waals surface area contributed by atoms with E-state index in [1.165, 1.54) is 24.3 Å². The van der Waals surface area contributed by atoms with E-state index >= 15 is 0 Å². The molecule has 7 heteroatoms. The predicted octanol–water partition coefficient (Wildman–Crippen LogP) is 3.84. The molecule has 0 spiro atoms. The number of unbranched alkanes of at least 4 members (excludes halogenated alkanes) is 2. The van der Waals surface area contributed by atoms with Crippen LogP contribution in [0.5, 0.6) is 5.75 Å². The van der Waals surface area contributed by atoms with Gasteiger partial charge in [-0.1, -0.05) is 19.8 Å². The monoisotopic (exact) mass is 272 g/mol. The van der Waals surface area contributed by atoms with E-state index in [9.17, 15) is 14.7 Å². The van der Waals surface area contributed by atoms with Crippen LogP contribution >= 0.6 is 8.25 Å². The van der Waals surface area contributed by atoms with Crippen LogP contribution in [0.2, 0.25) is 0 Å². The van der Waals surface area contributed by atoms with Crippen LogP contribution < -0.4 is 4.52 Å². The second-order valence-corrected chi connectivity index (χ2v) is 4.49. The number of nitro groups is 1. The van der Waals surface area contributed by atoms with Crippen molar-refractivity contribution in [3.05, 3.63) is 34.4 Å². The molecule has 0 fully saturated rings. The number of nitrogens with zero attached hydrogens (tertiary/aromatic N) is 1. The van der Waals surface area contributed by atoms with Crippen LogP contribution in [0.15, 0.2) is 24.3 Å². The maximum absolute atomic E-state index is 11.4. The highest BCUT2D eigenvalue weighted by molar-refractivity contribution is 7.33. The van der Waals surface area contributed by atoms with Crippen molar-refractivity contribution in [2.75, 3.05) is 6.61 Å². The van der Waals surface area contributed by atoms with Gasteiger partial charge in [0.25, 0.3) is 5.69 Å². The fraction of sp³-hybridized carbons (Fsp3) is 0.455. The van der Waals surface area contributed by atoms with Crippen molar-refractivity contribution in [2.45, 2.75) is 26.2 Å². The molecule has 0 bridgehead atoms. The van der Waals surface area contributed by atoms with Gasteiger partial charge in [-0.2, -0.15) is 0 Å². The maximum atomic E-state index is 11.4. The number of benzene rings is 1. The van der Waals surface area contributed by atoms with Gasteiger partial charge in [0, 0.05) is 16.7 Å². The Kier molecular flexibility index (Phi) is 6.25. The standard InChI is InChI=1S/C11H15NO5P/c1-2-3-4-9-16-18(15)17-11-7-5-10(6-8-11)12(13)14/h5-8H,2-4,9H2,1H3/q+1. The highest BCUT2D eigenvalue weighted by Gasteiger charge is 2.22. The molecule has 1 unspecified atom stereocenters. The molecule has 0 aliphatic rings. The van der Waals surface area contributed by atoms with E-state index < -0.39 is 13.2 Å². The Balaban J connectivity index is 2.37. The van der Waals surface area contributed by atoms with Crippen molar-refractivity contribution in [2.24, 2.45) is 0 Å². The number of nitro benzene ring substituents is 1. The van der Waals surface area contributed by atoms with Gasteiger partial charge in [-0.3, -0.25) is 10.1 Å². The van der Waals surface area contributed by atoms with E-state index in [2.05, 4.69) is 6.92 Å². The highest BCUT2D eigenvalue weighted by Crippen LogP contribution is 2.29. The summed E-state index contributed by atoms with van der Waals surface area (Å²) in [6.45, 7) is 2.45. The zero-order valence-electron chi connectivity index (χ0n) is 10.1. The quantitative estimate of drug-likeness (QED) is 0.311. The Bertz CT molecular complexity index is 406. The summed E-state index contributed by atoms with van der Waals surface area (Å²) in [6.07, 6.45) is 2.91. The molecule has 0 N–H and O–H groups in total. The topological polar surface area (TPSA) is 78.7 Å². The van der Waals surface area contributed by atoms with Gasteiger partial charge in [-0.25, -0.2) is 4.52 Å².